The molecule has 88 valence electrons. The van der Waals surface area contributed by atoms with Crippen molar-refractivity contribution in [1.29, 1.82) is 0 Å². The predicted molar refractivity (Wildman–Crippen MR) is 62.5 cm³/mol. The summed E-state index contributed by atoms with van der Waals surface area (Å²) in [6, 6.07) is 0.217. The van der Waals surface area contributed by atoms with E-state index in [9.17, 15) is 4.79 Å². The Kier molecular flexibility index (Phi) is 5.69. The Morgan fingerprint density at radius 2 is 2.07 bits per heavy atom. The summed E-state index contributed by atoms with van der Waals surface area (Å²) in [4.78, 5) is 13.6. The van der Waals surface area contributed by atoms with Crippen LogP contribution in [-0.2, 0) is 4.79 Å². The first-order valence-corrected chi connectivity index (χ1v) is 6.27. The molecule has 1 fully saturated rings. The van der Waals surface area contributed by atoms with Crippen LogP contribution in [0.5, 0.6) is 0 Å². The molecule has 0 aromatic carbocycles. The molecular weight excluding hydrogens is 188 g/mol. The summed E-state index contributed by atoms with van der Waals surface area (Å²) in [5, 5.41) is 0. The van der Waals surface area contributed by atoms with Crippen molar-refractivity contribution in [3.63, 3.8) is 0 Å². The highest BCUT2D eigenvalue weighted by molar-refractivity contribution is 5.76. The number of nitrogens with zero attached hydrogens (tertiary/aromatic N) is 1. The maximum absolute atomic E-state index is 11.7. The van der Waals surface area contributed by atoms with Crippen LogP contribution in [0.3, 0.4) is 0 Å². The van der Waals surface area contributed by atoms with Crippen LogP contribution in [0.25, 0.3) is 0 Å². The lowest BCUT2D eigenvalue weighted by molar-refractivity contribution is -0.130. The summed E-state index contributed by atoms with van der Waals surface area (Å²) in [6.45, 7) is 3.85. The third kappa shape index (κ3) is 4.65. The number of unbranched alkanes of at least 4 members (excludes halogenated alkanes) is 4. The Labute approximate surface area is 93.0 Å². The molecule has 1 rings (SSSR count). The molecular formula is C12H24N2O. The van der Waals surface area contributed by atoms with Crippen molar-refractivity contribution in [3.8, 4) is 0 Å². The normalized spacial score (nSPS) is 20.9. The van der Waals surface area contributed by atoms with Gasteiger partial charge in [-0.25, -0.2) is 0 Å². The number of hydrogen-bond donors (Lipinski definition) is 1. The van der Waals surface area contributed by atoms with E-state index in [-0.39, 0.29) is 6.04 Å². The summed E-state index contributed by atoms with van der Waals surface area (Å²) < 4.78 is 0. The second kappa shape index (κ2) is 6.83. The molecule has 1 heterocycles. The summed E-state index contributed by atoms with van der Waals surface area (Å²) in [6.07, 6.45) is 7.75. The molecule has 0 bridgehead atoms. The van der Waals surface area contributed by atoms with Gasteiger partial charge in [-0.05, 0) is 12.8 Å². The van der Waals surface area contributed by atoms with Crippen LogP contribution in [0, 0.1) is 0 Å². The Morgan fingerprint density at radius 1 is 1.33 bits per heavy atom. The van der Waals surface area contributed by atoms with Crippen LogP contribution >= 0.6 is 0 Å². The van der Waals surface area contributed by atoms with Crippen LogP contribution in [0.15, 0.2) is 0 Å². The van der Waals surface area contributed by atoms with E-state index in [1.807, 2.05) is 4.90 Å². The topological polar surface area (TPSA) is 46.3 Å². The van der Waals surface area contributed by atoms with Gasteiger partial charge in [0.25, 0.3) is 0 Å². The highest BCUT2D eigenvalue weighted by atomic mass is 16.2. The molecule has 0 radical (unpaired) electrons. The summed E-state index contributed by atoms with van der Waals surface area (Å²) >= 11 is 0. The highest BCUT2D eigenvalue weighted by Gasteiger charge is 2.22. The van der Waals surface area contributed by atoms with Crippen molar-refractivity contribution in [2.24, 2.45) is 5.73 Å². The van der Waals surface area contributed by atoms with E-state index in [1.54, 1.807) is 0 Å². The zero-order valence-corrected chi connectivity index (χ0v) is 9.87. The van der Waals surface area contributed by atoms with Gasteiger partial charge in [-0.3, -0.25) is 4.79 Å². The highest BCUT2D eigenvalue weighted by Crippen LogP contribution is 2.11. The second-order valence-electron chi connectivity index (χ2n) is 4.55. The molecule has 0 spiro atoms. The minimum atomic E-state index is 0.217. The monoisotopic (exact) mass is 212 g/mol. The van der Waals surface area contributed by atoms with Crippen LogP contribution in [0.4, 0.5) is 0 Å². The Bertz CT molecular complexity index is 194. The fraction of sp³-hybridized carbons (Fsp3) is 0.917. The maximum atomic E-state index is 11.7. The third-order valence-electron chi connectivity index (χ3n) is 3.07. The number of hydrogen-bond acceptors (Lipinski definition) is 2. The zero-order chi connectivity index (χ0) is 11.1. The molecule has 1 saturated heterocycles. The van der Waals surface area contributed by atoms with Gasteiger partial charge in [0, 0.05) is 25.6 Å². The molecule has 3 nitrogen and oxygen atoms in total. The van der Waals surface area contributed by atoms with Crippen molar-refractivity contribution < 1.29 is 4.79 Å². The van der Waals surface area contributed by atoms with Crippen LogP contribution in [0.2, 0.25) is 0 Å². The van der Waals surface area contributed by atoms with E-state index in [4.69, 9.17) is 5.73 Å². The fourth-order valence-electron chi connectivity index (χ4n) is 2.05. The predicted octanol–water partition coefficient (Wildman–Crippen LogP) is 1.91. The van der Waals surface area contributed by atoms with Gasteiger partial charge < -0.3 is 10.6 Å². The SMILES string of the molecule is CCCCCCCC(=O)N1CC[C@H](N)C1. The van der Waals surface area contributed by atoms with E-state index in [2.05, 4.69) is 6.92 Å². The van der Waals surface area contributed by atoms with Gasteiger partial charge >= 0.3 is 0 Å². The lowest BCUT2D eigenvalue weighted by atomic mass is 10.1. The van der Waals surface area contributed by atoms with Gasteiger partial charge in [0.2, 0.25) is 5.91 Å². The van der Waals surface area contributed by atoms with E-state index in [1.165, 1.54) is 25.7 Å². The molecule has 0 aliphatic carbocycles. The number of likely N-dealkylation sites (tertiary alicyclic amines) is 1. The van der Waals surface area contributed by atoms with E-state index in [0.29, 0.717) is 5.91 Å². The summed E-state index contributed by atoms with van der Waals surface area (Å²) in [5.41, 5.74) is 5.76. The van der Waals surface area contributed by atoms with Gasteiger partial charge in [0.1, 0.15) is 0 Å². The van der Waals surface area contributed by atoms with Gasteiger partial charge in [-0.1, -0.05) is 32.6 Å². The van der Waals surface area contributed by atoms with Crippen LogP contribution < -0.4 is 5.73 Å². The van der Waals surface area contributed by atoms with E-state index >= 15 is 0 Å². The molecule has 1 atom stereocenters. The zero-order valence-electron chi connectivity index (χ0n) is 9.87. The first-order valence-electron chi connectivity index (χ1n) is 6.27. The second-order valence-corrected chi connectivity index (χ2v) is 4.55. The van der Waals surface area contributed by atoms with Gasteiger partial charge in [0.15, 0.2) is 0 Å². The number of amides is 1. The molecule has 1 aliphatic rings. The maximum Gasteiger partial charge on any atom is 0.222 e. The average molecular weight is 212 g/mol. The molecule has 1 amide bonds. The third-order valence-corrected chi connectivity index (χ3v) is 3.07. The van der Waals surface area contributed by atoms with Gasteiger partial charge in [0.05, 0.1) is 0 Å². The molecule has 0 unspecified atom stereocenters. The standard InChI is InChI=1S/C12H24N2O/c1-2-3-4-5-6-7-12(15)14-9-8-11(13)10-14/h11H,2-10,13H2,1H3/t11-/m0/s1. The minimum absolute atomic E-state index is 0.217. The quantitative estimate of drug-likeness (QED) is 0.684. The summed E-state index contributed by atoms with van der Waals surface area (Å²) in [5.74, 6) is 0.305. The van der Waals surface area contributed by atoms with Crippen molar-refractivity contribution in [3.05, 3.63) is 0 Å². The Morgan fingerprint density at radius 3 is 2.67 bits per heavy atom. The number of nitrogens with two attached hydrogens (primary N) is 1. The number of rotatable bonds is 6. The smallest absolute Gasteiger partial charge is 0.222 e. The van der Waals surface area contributed by atoms with Crippen molar-refractivity contribution in [2.45, 2.75) is 57.9 Å². The molecule has 0 aromatic heterocycles. The number of carbonyl (C=O) groups is 1. The Hall–Kier alpha value is -0.570. The molecule has 3 heteroatoms. The lowest BCUT2D eigenvalue weighted by Gasteiger charge is -2.15. The van der Waals surface area contributed by atoms with Crippen molar-refractivity contribution in [2.75, 3.05) is 13.1 Å². The van der Waals surface area contributed by atoms with Crippen molar-refractivity contribution >= 4 is 5.91 Å². The first-order chi connectivity index (χ1) is 7.24. The largest absolute Gasteiger partial charge is 0.341 e. The lowest BCUT2D eigenvalue weighted by Crippen LogP contribution is -2.31. The van der Waals surface area contributed by atoms with Crippen molar-refractivity contribution in [1.82, 2.24) is 4.90 Å². The summed E-state index contributed by atoms with van der Waals surface area (Å²) in [7, 11) is 0. The molecule has 2 N–H and O–H groups in total. The minimum Gasteiger partial charge on any atom is -0.341 e. The van der Waals surface area contributed by atoms with Gasteiger partial charge in [-0.2, -0.15) is 0 Å². The molecule has 15 heavy (non-hydrogen) atoms. The van der Waals surface area contributed by atoms with Crippen LogP contribution in [-0.4, -0.2) is 29.9 Å². The molecule has 0 aromatic rings. The van der Waals surface area contributed by atoms with Crippen LogP contribution in [0.1, 0.15) is 51.9 Å². The average Bonchev–Trinajstić information content (AvgIpc) is 2.64. The van der Waals surface area contributed by atoms with E-state index < -0.39 is 0 Å². The fourth-order valence-corrected chi connectivity index (χ4v) is 2.05. The molecule has 1 aliphatic heterocycles. The van der Waals surface area contributed by atoms with E-state index in [0.717, 1.165) is 32.4 Å². The number of carbonyl (C=O) groups excluding carboxylic acids is 1. The molecule has 0 saturated carbocycles. The Balaban J connectivity index is 2.03. The van der Waals surface area contributed by atoms with Gasteiger partial charge in [-0.15, -0.1) is 0 Å². The first kappa shape index (κ1) is 12.5.